The number of rotatable bonds is 5. The third-order valence-electron chi connectivity index (χ3n) is 3.88. The number of hydrogen-bond acceptors (Lipinski definition) is 4. The summed E-state index contributed by atoms with van der Waals surface area (Å²) in [6.07, 6.45) is 2.47. The van der Waals surface area contributed by atoms with Crippen molar-refractivity contribution < 1.29 is 4.79 Å². The fourth-order valence-electron chi connectivity index (χ4n) is 2.84. The summed E-state index contributed by atoms with van der Waals surface area (Å²) < 4.78 is 0. The topological polar surface area (TPSA) is 75.6 Å². The highest BCUT2D eigenvalue weighted by molar-refractivity contribution is 5.93. The van der Waals surface area contributed by atoms with Crippen molar-refractivity contribution >= 4 is 11.6 Å². The molecule has 1 unspecified atom stereocenters. The number of benzene rings is 1. The third-order valence-corrected chi connectivity index (χ3v) is 3.88. The zero-order valence-electron chi connectivity index (χ0n) is 12.3. The van der Waals surface area contributed by atoms with Gasteiger partial charge >= 0.3 is 0 Å². The Morgan fingerprint density at radius 1 is 1.45 bits per heavy atom. The van der Waals surface area contributed by atoms with Crippen molar-refractivity contribution in [2.45, 2.75) is 25.4 Å². The van der Waals surface area contributed by atoms with Crippen molar-refractivity contribution in [1.29, 1.82) is 0 Å². The van der Waals surface area contributed by atoms with Gasteiger partial charge < -0.3 is 16.4 Å². The minimum Gasteiger partial charge on any atom is -0.398 e. The van der Waals surface area contributed by atoms with Crippen LogP contribution in [0.2, 0.25) is 0 Å². The maximum absolute atomic E-state index is 11.1. The first-order valence-electron chi connectivity index (χ1n) is 7.04. The molecule has 5 heteroatoms. The molecular weight excluding hydrogens is 252 g/mol. The number of carbonyl (C=O) groups is 1. The van der Waals surface area contributed by atoms with Gasteiger partial charge in [0.2, 0.25) is 5.91 Å². The molecule has 2 rings (SSSR count). The summed E-state index contributed by atoms with van der Waals surface area (Å²) in [6.45, 7) is 3.01. The summed E-state index contributed by atoms with van der Waals surface area (Å²) in [5, 5.41) is 0. The van der Waals surface area contributed by atoms with Crippen LogP contribution in [0.1, 0.15) is 28.8 Å². The molecule has 1 fully saturated rings. The molecule has 0 saturated carbocycles. The predicted molar refractivity (Wildman–Crippen MR) is 81.4 cm³/mol. The summed E-state index contributed by atoms with van der Waals surface area (Å²) in [6, 6.07) is 5.93. The van der Waals surface area contributed by atoms with Gasteiger partial charge in [0.15, 0.2) is 0 Å². The van der Waals surface area contributed by atoms with Crippen LogP contribution in [0.25, 0.3) is 0 Å². The van der Waals surface area contributed by atoms with Crippen molar-refractivity contribution in [2.75, 3.05) is 32.9 Å². The number of likely N-dealkylation sites (tertiary alicyclic amines) is 1. The van der Waals surface area contributed by atoms with Gasteiger partial charge in [-0.1, -0.05) is 6.07 Å². The second-order valence-electron chi connectivity index (χ2n) is 5.81. The van der Waals surface area contributed by atoms with Crippen LogP contribution in [0.3, 0.4) is 0 Å². The number of carbonyl (C=O) groups excluding carboxylic acids is 1. The fraction of sp³-hybridized carbons (Fsp3) is 0.533. The molecule has 0 aliphatic carbocycles. The predicted octanol–water partition coefficient (Wildman–Crippen LogP) is 0.894. The van der Waals surface area contributed by atoms with E-state index in [1.54, 1.807) is 12.1 Å². The first-order valence-corrected chi connectivity index (χ1v) is 7.04. The van der Waals surface area contributed by atoms with Crippen LogP contribution in [-0.2, 0) is 6.54 Å². The van der Waals surface area contributed by atoms with Crippen LogP contribution >= 0.6 is 0 Å². The fourth-order valence-corrected chi connectivity index (χ4v) is 2.84. The molecule has 0 aromatic heterocycles. The number of likely N-dealkylation sites (N-methyl/N-ethyl adjacent to an activating group) is 1. The Morgan fingerprint density at radius 3 is 2.80 bits per heavy atom. The third kappa shape index (κ3) is 3.49. The molecule has 1 aromatic carbocycles. The highest BCUT2D eigenvalue weighted by Crippen LogP contribution is 2.23. The second-order valence-corrected chi connectivity index (χ2v) is 5.81. The summed E-state index contributed by atoms with van der Waals surface area (Å²) >= 11 is 0. The Bertz CT molecular complexity index is 487. The number of anilines is 1. The number of nitrogens with two attached hydrogens (primary N) is 2. The molecule has 5 nitrogen and oxygen atoms in total. The number of primary amides is 1. The Kier molecular flexibility index (Phi) is 4.62. The summed E-state index contributed by atoms with van der Waals surface area (Å²) in [7, 11) is 4.21. The lowest BCUT2D eigenvalue weighted by molar-refractivity contribution is 0.100. The van der Waals surface area contributed by atoms with Crippen LogP contribution in [0.5, 0.6) is 0 Å². The van der Waals surface area contributed by atoms with E-state index in [-0.39, 0.29) is 0 Å². The largest absolute Gasteiger partial charge is 0.398 e. The lowest BCUT2D eigenvalue weighted by Crippen LogP contribution is -2.37. The highest BCUT2D eigenvalue weighted by Gasteiger charge is 2.25. The van der Waals surface area contributed by atoms with Gasteiger partial charge in [0.05, 0.1) is 0 Å². The van der Waals surface area contributed by atoms with E-state index in [9.17, 15) is 4.79 Å². The van der Waals surface area contributed by atoms with Crippen LogP contribution in [-0.4, -0.2) is 48.9 Å². The van der Waals surface area contributed by atoms with E-state index in [1.165, 1.54) is 12.8 Å². The van der Waals surface area contributed by atoms with Gasteiger partial charge in [0.1, 0.15) is 0 Å². The van der Waals surface area contributed by atoms with Crippen LogP contribution < -0.4 is 11.5 Å². The molecule has 1 amide bonds. The average molecular weight is 276 g/mol. The molecule has 0 radical (unpaired) electrons. The minimum atomic E-state index is -0.435. The Balaban J connectivity index is 2.07. The van der Waals surface area contributed by atoms with Crippen molar-refractivity contribution in [2.24, 2.45) is 5.73 Å². The van der Waals surface area contributed by atoms with E-state index in [2.05, 4.69) is 23.9 Å². The van der Waals surface area contributed by atoms with Gasteiger partial charge in [0, 0.05) is 30.4 Å². The SMILES string of the molecule is CN(C)CC1CCCN1Cc1ccc(C(N)=O)cc1N. The maximum atomic E-state index is 11.1. The van der Waals surface area contributed by atoms with E-state index in [0.29, 0.717) is 17.3 Å². The first kappa shape index (κ1) is 14.8. The molecule has 4 N–H and O–H groups in total. The molecule has 20 heavy (non-hydrogen) atoms. The van der Waals surface area contributed by atoms with Crippen LogP contribution in [0.15, 0.2) is 18.2 Å². The Labute approximate surface area is 120 Å². The molecule has 110 valence electrons. The van der Waals surface area contributed by atoms with Crippen molar-refractivity contribution in [3.63, 3.8) is 0 Å². The van der Waals surface area contributed by atoms with E-state index in [0.717, 1.165) is 25.2 Å². The zero-order valence-corrected chi connectivity index (χ0v) is 12.3. The van der Waals surface area contributed by atoms with E-state index in [1.807, 2.05) is 6.07 Å². The van der Waals surface area contributed by atoms with Crippen molar-refractivity contribution in [3.05, 3.63) is 29.3 Å². The number of hydrogen-bond donors (Lipinski definition) is 2. The molecule has 1 aliphatic heterocycles. The number of amides is 1. The lowest BCUT2D eigenvalue weighted by atomic mass is 10.1. The number of nitrogens with zero attached hydrogens (tertiary/aromatic N) is 2. The quantitative estimate of drug-likeness (QED) is 0.783. The minimum absolute atomic E-state index is 0.435. The van der Waals surface area contributed by atoms with Gasteiger partial charge in [-0.05, 0) is 51.2 Å². The van der Waals surface area contributed by atoms with E-state index < -0.39 is 5.91 Å². The van der Waals surface area contributed by atoms with Gasteiger partial charge in [-0.2, -0.15) is 0 Å². The summed E-state index contributed by atoms with van der Waals surface area (Å²) in [4.78, 5) is 15.8. The highest BCUT2D eigenvalue weighted by atomic mass is 16.1. The Morgan fingerprint density at radius 2 is 2.20 bits per heavy atom. The van der Waals surface area contributed by atoms with E-state index in [4.69, 9.17) is 11.5 Å². The van der Waals surface area contributed by atoms with Crippen LogP contribution in [0, 0.1) is 0 Å². The Hall–Kier alpha value is -1.59. The normalized spacial score (nSPS) is 19.6. The van der Waals surface area contributed by atoms with Gasteiger partial charge in [-0.3, -0.25) is 9.69 Å². The molecule has 1 aromatic rings. The van der Waals surface area contributed by atoms with Crippen LogP contribution in [0.4, 0.5) is 5.69 Å². The first-order chi connectivity index (χ1) is 9.47. The van der Waals surface area contributed by atoms with Crippen molar-refractivity contribution in [3.8, 4) is 0 Å². The molecule has 1 atom stereocenters. The van der Waals surface area contributed by atoms with Gasteiger partial charge in [-0.25, -0.2) is 0 Å². The smallest absolute Gasteiger partial charge is 0.248 e. The molecule has 0 bridgehead atoms. The number of nitrogen functional groups attached to an aromatic ring is 1. The van der Waals surface area contributed by atoms with Gasteiger partial charge in [0.25, 0.3) is 0 Å². The summed E-state index contributed by atoms with van der Waals surface area (Å²) in [5.74, 6) is -0.435. The zero-order chi connectivity index (χ0) is 14.7. The molecular formula is C15H24N4O. The maximum Gasteiger partial charge on any atom is 0.248 e. The molecule has 0 spiro atoms. The standard InChI is InChI=1S/C15H24N4O/c1-18(2)10-13-4-3-7-19(13)9-12-6-5-11(15(17)20)8-14(12)16/h5-6,8,13H,3-4,7,9-10,16H2,1-2H3,(H2,17,20). The van der Waals surface area contributed by atoms with Crippen molar-refractivity contribution in [1.82, 2.24) is 9.80 Å². The summed E-state index contributed by atoms with van der Waals surface area (Å²) in [5.41, 5.74) is 13.5. The average Bonchev–Trinajstić information content (AvgIpc) is 2.78. The lowest BCUT2D eigenvalue weighted by Gasteiger charge is -2.27. The van der Waals surface area contributed by atoms with E-state index >= 15 is 0 Å². The monoisotopic (exact) mass is 276 g/mol. The molecule has 1 aliphatic rings. The molecule has 1 saturated heterocycles. The second kappa shape index (κ2) is 6.24. The molecule has 1 heterocycles. The van der Waals surface area contributed by atoms with Gasteiger partial charge in [-0.15, -0.1) is 0 Å².